The van der Waals surface area contributed by atoms with E-state index in [1.165, 1.54) is 0 Å². The molecule has 0 fully saturated rings. The predicted octanol–water partition coefficient (Wildman–Crippen LogP) is 1.84. The quantitative estimate of drug-likeness (QED) is 0.878. The van der Waals surface area contributed by atoms with Gasteiger partial charge in [0.2, 0.25) is 0 Å². The molecule has 0 radical (unpaired) electrons. The SMILES string of the molecule is CN(Cc1ccc2[nH]c(=O)[nH]c2c1)CC(C)(C)C#N. The molecule has 5 nitrogen and oxygen atoms in total. The van der Waals surface area contributed by atoms with Crippen molar-refractivity contribution in [2.24, 2.45) is 5.41 Å². The molecule has 1 aromatic heterocycles. The lowest BCUT2D eigenvalue weighted by Crippen LogP contribution is -2.29. The van der Waals surface area contributed by atoms with Crippen LogP contribution in [-0.2, 0) is 6.54 Å². The highest BCUT2D eigenvalue weighted by molar-refractivity contribution is 5.74. The van der Waals surface area contributed by atoms with Gasteiger partial charge in [-0.3, -0.25) is 0 Å². The Balaban J connectivity index is 2.13. The van der Waals surface area contributed by atoms with Crippen molar-refractivity contribution in [3.63, 3.8) is 0 Å². The Bertz CT molecular complexity index is 675. The lowest BCUT2D eigenvalue weighted by molar-refractivity contribution is 0.249. The van der Waals surface area contributed by atoms with Crippen LogP contribution in [0.25, 0.3) is 11.0 Å². The van der Waals surface area contributed by atoms with Crippen LogP contribution >= 0.6 is 0 Å². The molecule has 0 saturated heterocycles. The topological polar surface area (TPSA) is 75.7 Å². The molecule has 0 amide bonds. The van der Waals surface area contributed by atoms with Crippen LogP contribution in [0.2, 0.25) is 0 Å². The van der Waals surface area contributed by atoms with Gasteiger partial charge in [-0.25, -0.2) is 4.79 Å². The van der Waals surface area contributed by atoms with E-state index in [0.717, 1.165) is 23.1 Å². The predicted molar refractivity (Wildman–Crippen MR) is 74.6 cm³/mol. The van der Waals surface area contributed by atoms with E-state index in [4.69, 9.17) is 5.26 Å². The number of hydrogen-bond acceptors (Lipinski definition) is 3. The summed E-state index contributed by atoms with van der Waals surface area (Å²) in [5, 5.41) is 9.03. The summed E-state index contributed by atoms with van der Waals surface area (Å²) in [4.78, 5) is 18.8. The van der Waals surface area contributed by atoms with Crippen LogP contribution in [0.4, 0.5) is 0 Å². The van der Waals surface area contributed by atoms with E-state index in [2.05, 4.69) is 20.9 Å². The van der Waals surface area contributed by atoms with E-state index in [-0.39, 0.29) is 11.1 Å². The molecule has 1 aromatic carbocycles. The fourth-order valence-corrected chi connectivity index (χ4v) is 2.26. The molecule has 0 bridgehead atoms. The van der Waals surface area contributed by atoms with Gasteiger partial charge >= 0.3 is 5.69 Å². The highest BCUT2D eigenvalue weighted by Crippen LogP contribution is 2.17. The summed E-state index contributed by atoms with van der Waals surface area (Å²) in [6.45, 7) is 5.30. The zero-order valence-corrected chi connectivity index (χ0v) is 11.4. The summed E-state index contributed by atoms with van der Waals surface area (Å²) in [6, 6.07) is 8.14. The highest BCUT2D eigenvalue weighted by atomic mass is 16.1. The summed E-state index contributed by atoms with van der Waals surface area (Å²) in [5.41, 5.74) is 2.19. The number of benzene rings is 1. The van der Waals surface area contributed by atoms with Gasteiger partial charge in [-0.2, -0.15) is 5.26 Å². The monoisotopic (exact) mass is 258 g/mol. The maximum Gasteiger partial charge on any atom is 0.323 e. The largest absolute Gasteiger partial charge is 0.323 e. The summed E-state index contributed by atoms with van der Waals surface area (Å²) in [6.07, 6.45) is 0. The van der Waals surface area contributed by atoms with Crippen molar-refractivity contribution >= 4 is 11.0 Å². The number of aromatic nitrogens is 2. The Morgan fingerprint density at radius 3 is 2.68 bits per heavy atom. The van der Waals surface area contributed by atoms with Crippen LogP contribution in [0, 0.1) is 16.7 Å². The van der Waals surface area contributed by atoms with Crippen LogP contribution in [0.3, 0.4) is 0 Å². The van der Waals surface area contributed by atoms with Crippen LogP contribution < -0.4 is 5.69 Å². The third-order valence-corrected chi connectivity index (χ3v) is 3.00. The number of imidazole rings is 1. The molecule has 0 aliphatic heterocycles. The minimum atomic E-state index is -0.360. The second kappa shape index (κ2) is 4.90. The van der Waals surface area contributed by atoms with Crippen molar-refractivity contribution in [2.75, 3.05) is 13.6 Å². The molecule has 100 valence electrons. The third-order valence-electron chi connectivity index (χ3n) is 3.00. The van der Waals surface area contributed by atoms with E-state index in [1.807, 2.05) is 39.1 Å². The molecule has 0 unspecified atom stereocenters. The first kappa shape index (κ1) is 13.4. The molecular formula is C14H18N4O. The second-order valence-corrected chi connectivity index (χ2v) is 5.63. The Kier molecular flexibility index (Phi) is 3.45. The van der Waals surface area contributed by atoms with Crippen molar-refractivity contribution in [1.82, 2.24) is 14.9 Å². The van der Waals surface area contributed by atoms with Crippen LogP contribution in [-0.4, -0.2) is 28.5 Å². The number of rotatable bonds is 4. The van der Waals surface area contributed by atoms with Gasteiger partial charge in [0, 0.05) is 13.1 Å². The minimum Gasteiger partial charge on any atom is -0.306 e. The molecule has 1 heterocycles. The Morgan fingerprint density at radius 1 is 1.32 bits per heavy atom. The first-order valence-electron chi connectivity index (χ1n) is 6.20. The summed E-state index contributed by atoms with van der Waals surface area (Å²) < 4.78 is 0. The van der Waals surface area contributed by atoms with Gasteiger partial charge < -0.3 is 14.9 Å². The Labute approximate surface area is 111 Å². The van der Waals surface area contributed by atoms with Crippen molar-refractivity contribution < 1.29 is 0 Å². The van der Waals surface area contributed by atoms with E-state index >= 15 is 0 Å². The molecule has 0 aliphatic carbocycles. The molecule has 0 spiro atoms. The number of aromatic amines is 2. The standard InChI is InChI=1S/C14H18N4O/c1-14(2,8-15)9-18(3)7-10-4-5-11-12(6-10)17-13(19)16-11/h4-6H,7,9H2,1-3H3,(H2,16,17,19). The first-order valence-corrected chi connectivity index (χ1v) is 6.20. The number of nitriles is 1. The third kappa shape index (κ3) is 3.24. The maximum atomic E-state index is 11.2. The first-order chi connectivity index (χ1) is 8.89. The van der Waals surface area contributed by atoms with Gasteiger partial charge in [0.25, 0.3) is 0 Å². The van der Waals surface area contributed by atoms with Gasteiger partial charge in [-0.15, -0.1) is 0 Å². The zero-order chi connectivity index (χ0) is 14.0. The van der Waals surface area contributed by atoms with E-state index < -0.39 is 0 Å². The average molecular weight is 258 g/mol. The molecular weight excluding hydrogens is 240 g/mol. The lowest BCUT2D eigenvalue weighted by atomic mass is 9.95. The minimum absolute atomic E-state index is 0.189. The van der Waals surface area contributed by atoms with Crippen molar-refractivity contribution in [3.8, 4) is 6.07 Å². The second-order valence-electron chi connectivity index (χ2n) is 5.63. The fraction of sp³-hybridized carbons (Fsp3) is 0.429. The van der Waals surface area contributed by atoms with Crippen LogP contribution in [0.15, 0.2) is 23.0 Å². The molecule has 0 atom stereocenters. The van der Waals surface area contributed by atoms with Crippen LogP contribution in [0.5, 0.6) is 0 Å². The summed E-state index contributed by atoms with van der Waals surface area (Å²) in [7, 11) is 1.99. The molecule has 2 aromatic rings. The van der Waals surface area contributed by atoms with Gasteiger partial charge in [-0.1, -0.05) is 6.07 Å². The highest BCUT2D eigenvalue weighted by Gasteiger charge is 2.19. The molecule has 2 rings (SSSR count). The lowest BCUT2D eigenvalue weighted by Gasteiger charge is -2.24. The van der Waals surface area contributed by atoms with Gasteiger partial charge in [0.05, 0.1) is 22.5 Å². The number of H-pyrrole nitrogens is 2. The van der Waals surface area contributed by atoms with Crippen LogP contribution in [0.1, 0.15) is 19.4 Å². The number of nitrogens with one attached hydrogen (secondary N) is 2. The summed E-state index contributed by atoms with van der Waals surface area (Å²) in [5.74, 6) is 0. The molecule has 19 heavy (non-hydrogen) atoms. The maximum absolute atomic E-state index is 11.2. The summed E-state index contributed by atoms with van der Waals surface area (Å²) >= 11 is 0. The average Bonchev–Trinajstić information content (AvgIpc) is 2.67. The zero-order valence-electron chi connectivity index (χ0n) is 11.4. The van der Waals surface area contributed by atoms with Crippen molar-refractivity contribution in [1.29, 1.82) is 5.26 Å². The number of hydrogen-bond donors (Lipinski definition) is 2. The van der Waals surface area contributed by atoms with Gasteiger partial charge in [-0.05, 0) is 38.6 Å². The Morgan fingerprint density at radius 2 is 2.00 bits per heavy atom. The Hall–Kier alpha value is -2.06. The van der Waals surface area contributed by atoms with Crippen molar-refractivity contribution in [3.05, 3.63) is 34.2 Å². The molecule has 2 N–H and O–H groups in total. The van der Waals surface area contributed by atoms with E-state index in [1.54, 1.807) is 0 Å². The van der Waals surface area contributed by atoms with E-state index in [0.29, 0.717) is 6.54 Å². The van der Waals surface area contributed by atoms with Gasteiger partial charge in [0.15, 0.2) is 0 Å². The number of fused-ring (bicyclic) bond motifs is 1. The smallest absolute Gasteiger partial charge is 0.306 e. The van der Waals surface area contributed by atoms with Crippen molar-refractivity contribution in [2.45, 2.75) is 20.4 Å². The van der Waals surface area contributed by atoms with E-state index in [9.17, 15) is 4.79 Å². The number of nitrogens with zero attached hydrogens (tertiary/aromatic N) is 2. The molecule has 0 saturated carbocycles. The normalized spacial score (nSPS) is 11.9. The fourth-order valence-electron chi connectivity index (χ4n) is 2.26. The van der Waals surface area contributed by atoms with Gasteiger partial charge in [0.1, 0.15) is 0 Å². The molecule has 5 heteroatoms. The molecule has 0 aliphatic rings.